The molecule has 0 saturated heterocycles. The number of benzene rings is 1. The van der Waals surface area contributed by atoms with Crippen molar-refractivity contribution in [2.24, 2.45) is 17.8 Å². The Labute approximate surface area is 220 Å². The molecular formula is C28H42N4O5. The van der Waals surface area contributed by atoms with Gasteiger partial charge in [0.1, 0.15) is 23.9 Å². The van der Waals surface area contributed by atoms with Crippen LogP contribution < -0.4 is 16.0 Å². The highest BCUT2D eigenvalue weighted by Crippen LogP contribution is 2.17. The minimum absolute atomic E-state index is 0.0345. The van der Waals surface area contributed by atoms with E-state index in [4.69, 9.17) is 0 Å². The Balaban J connectivity index is 2.44. The first-order valence-electron chi connectivity index (χ1n) is 12.9. The SMILES string of the molecule is C/C1=C\[C@H](C)CNC(=O)[C@H](C(C)C)NC(=O)[C@@H](Cc2ccc(O)cc2)N(C)C(=O)[C@H](C)NC(=O)[C@@H](C)C1. The number of hydrogen-bond donors (Lipinski definition) is 4. The van der Waals surface area contributed by atoms with Crippen LogP contribution in [0.5, 0.6) is 5.75 Å². The average Bonchev–Trinajstić information content (AvgIpc) is 2.83. The molecule has 2 rings (SSSR count). The van der Waals surface area contributed by atoms with Gasteiger partial charge < -0.3 is 26.0 Å². The second kappa shape index (κ2) is 13.3. The summed E-state index contributed by atoms with van der Waals surface area (Å²) in [5.41, 5.74) is 1.75. The molecule has 9 heteroatoms. The van der Waals surface area contributed by atoms with Crippen LogP contribution in [0, 0.1) is 17.8 Å². The summed E-state index contributed by atoms with van der Waals surface area (Å²) in [5.74, 6) is -1.84. The van der Waals surface area contributed by atoms with Crippen molar-refractivity contribution in [2.75, 3.05) is 13.6 Å². The lowest BCUT2D eigenvalue weighted by Crippen LogP contribution is -2.58. The second-order valence-corrected chi connectivity index (χ2v) is 10.6. The number of allylic oxidation sites excluding steroid dienone is 1. The van der Waals surface area contributed by atoms with Crippen LogP contribution in [0.2, 0.25) is 0 Å². The van der Waals surface area contributed by atoms with E-state index in [1.807, 2.05) is 40.7 Å². The number of phenolic OH excluding ortho intramolecular Hbond substituents is 1. The fraction of sp³-hybridized carbons (Fsp3) is 0.571. The maximum Gasteiger partial charge on any atom is 0.245 e. The van der Waals surface area contributed by atoms with Crippen LogP contribution in [0.4, 0.5) is 0 Å². The van der Waals surface area contributed by atoms with E-state index < -0.39 is 29.9 Å². The van der Waals surface area contributed by atoms with Gasteiger partial charge in [-0.1, -0.05) is 51.5 Å². The normalized spacial score (nSPS) is 28.6. The zero-order valence-corrected chi connectivity index (χ0v) is 23.0. The highest BCUT2D eigenvalue weighted by atomic mass is 16.3. The second-order valence-electron chi connectivity index (χ2n) is 10.6. The molecule has 0 unspecified atom stereocenters. The molecule has 0 aliphatic carbocycles. The van der Waals surface area contributed by atoms with E-state index >= 15 is 0 Å². The Morgan fingerprint density at radius 2 is 1.59 bits per heavy atom. The van der Waals surface area contributed by atoms with Gasteiger partial charge in [-0.2, -0.15) is 0 Å². The van der Waals surface area contributed by atoms with Gasteiger partial charge in [-0.3, -0.25) is 19.2 Å². The predicted octanol–water partition coefficient (Wildman–Crippen LogP) is 2.15. The third-order valence-electron chi connectivity index (χ3n) is 6.70. The van der Waals surface area contributed by atoms with Crippen molar-refractivity contribution in [1.82, 2.24) is 20.9 Å². The van der Waals surface area contributed by atoms with Crippen molar-refractivity contribution in [3.05, 3.63) is 41.5 Å². The Bertz CT molecular complexity index is 1000. The van der Waals surface area contributed by atoms with Gasteiger partial charge in [0.15, 0.2) is 0 Å². The molecular weight excluding hydrogens is 472 g/mol. The highest BCUT2D eigenvalue weighted by molar-refractivity contribution is 5.94. The molecule has 9 nitrogen and oxygen atoms in total. The summed E-state index contributed by atoms with van der Waals surface area (Å²) in [6, 6.07) is 3.81. The number of nitrogens with zero attached hydrogens (tertiary/aromatic N) is 1. The molecule has 1 heterocycles. The number of nitrogens with one attached hydrogen (secondary N) is 3. The zero-order valence-electron chi connectivity index (χ0n) is 23.0. The van der Waals surface area contributed by atoms with E-state index in [0.29, 0.717) is 13.0 Å². The molecule has 0 bridgehead atoms. The number of likely N-dealkylation sites (N-methyl/N-ethyl adjacent to an activating group) is 1. The Morgan fingerprint density at radius 1 is 0.973 bits per heavy atom. The van der Waals surface area contributed by atoms with Crippen LogP contribution in [0.15, 0.2) is 35.9 Å². The Hall–Kier alpha value is -3.36. The van der Waals surface area contributed by atoms with Gasteiger partial charge in [0.2, 0.25) is 23.6 Å². The van der Waals surface area contributed by atoms with Gasteiger partial charge in [-0.15, -0.1) is 0 Å². The third-order valence-corrected chi connectivity index (χ3v) is 6.70. The molecule has 0 radical (unpaired) electrons. The standard InChI is InChI=1S/C28H42N4O5/c1-16(2)24-27(36)29-15-18(4)12-17(3)13-19(5)25(34)30-20(6)28(37)32(7)23(26(35)31-24)14-21-8-10-22(33)11-9-21/h8-12,16,18-20,23-24,33H,13-15H2,1-7H3,(H,29,36)(H,30,34)(H,31,35)/b17-12+/t18-,19-,20-,23+,24-/m0/s1. The minimum Gasteiger partial charge on any atom is -0.508 e. The van der Waals surface area contributed by atoms with Crippen LogP contribution in [0.1, 0.15) is 53.5 Å². The fourth-order valence-corrected chi connectivity index (χ4v) is 4.48. The van der Waals surface area contributed by atoms with E-state index in [1.54, 1.807) is 19.1 Å². The van der Waals surface area contributed by atoms with Crippen LogP contribution >= 0.6 is 0 Å². The van der Waals surface area contributed by atoms with Crippen LogP contribution in [-0.4, -0.2) is 65.4 Å². The first-order valence-corrected chi connectivity index (χ1v) is 12.9. The molecule has 5 atom stereocenters. The van der Waals surface area contributed by atoms with Crippen molar-refractivity contribution < 1.29 is 24.3 Å². The molecule has 1 aliphatic rings. The molecule has 1 aliphatic heterocycles. The summed E-state index contributed by atoms with van der Waals surface area (Å²) in [5, 5.41) is 18.2. The maximum absolute atomic E-state index is 13.5. The van der Waals surface area contributed by atoms with Gasteiger partial charge in [0.05, 0.1) is 0 Å². The minimum atomic E-state index is -0.943. The van der Waals surface area contributed by atoms with E-state index in [0.717, 1.165) is 11.1 Å². The third kappa shape index (κ3) is 8.61. The van der Waals surface area contributed by atoms with E-state index in [2.05, 4.69) is 16.0 Å². The zero-order chi connectivity index (χ0) is 27.9. The first kappa shape index (κ1) is 29.9. The van der Waals surface area contributed by atoms with Gasteiger partial charge in [0, 0.05) is 25.9 Å². The lowest BCUT2D eigenvalue weighted by Gasteiger charge is -2.32. The molecule has 0 saturated carbocycles. The number of rotatable bonds is 3. The van der Waals surface area contributed by atoms with Crippen molar-refractivity contribution in [2.45, 2.75) is 72.5 Å². The van der Waals surface area contributed by atoms with Crippen molar-refractivity contribution >= 4 is 23.6 Å². The number of hydrogen-bond acceptors (Lipinski definition) is 5. The largest absolute Gasteiger partial charge is 0.508 e. The van der Waals surface area contributed by atoms with Crippen LogP contribution in [0.25, 0.3) is 0 Å². The van der Waals surface area contributed by atoms with Crippen molar-refractivity contribution in [3.63, 3.8) is 0 Å². The molecule has 1 aromatic rings. The van der Waals surface area contributed by atoms with Crippen LogP contribution in [0.3, 0.4) is 0 Å². The Kier molecular flexibility index (Phi) is 10.7. The predicted molar refractivity (Wildman–Crippen MR) is 142 cm³/mol. The quantitative estimate of drug-likeness (QED) is 0.460. The van der Waals surface area contributed by atoms with Gasteiger partial charge in [-0.25, -0.2) is 0 Å². The van der Waals surface area contributed by atoms with E-state index in [1.165, 1.54) is 24.1 Å². The Morgan fingerprint density at radius 3 is 2.19 bits per heavy atom. The smallest absolute Gasteiger partial charge is 0.245 e. The highest BCUT2D eigenvalue weighted by Gasteiger charge is 2.34. The average molecular weight is 515 g/mol. The van der Waals surface area contributed by atoms with E-state index in [-0.39, 0.29) is 41.7 Å². The summed E-state index contributed by atoms with van der Waals surface area (Å²) in [7, 11) is 1.52. The van der Waals surface area contributed by atoms with Crippen LogP contribution in [-0.2, 0) is 25.6 Å². The molecule has 4 N–H and O–H groups in total. The summed E-state index contributed by atoms with van der Waals surface area (Å²) in [6.07, 6.45) is 2.72. The molecule has 204 valence electrons. The molecule has 0 spiro atoms. The summed E-state index contributed by atoms with van der Waals surface area (Å²) in [6.45, 7) is 11.4. The fourth-order valence-electron chi connectivity index (χ4n) is 4.48. The number of carbonyl (C=O) groups is 4. The van der Waals surface area contributed by atoms with Gasteiger partial charge >= 0.3 is 0 Å². The first-order chi connectivity index (χ1) is 17.3. The summed E-state index contributed by atoms with van der Waals surface area (Å²) in [4.78, 5) is 54.1. The van der Waals surface area contributed by atoms with Gasteiger partial charge in [0.25, 0.3) is 0 Å². The molecule has 0 fully saturated rings. The van der Waals surface area contributed by atoms with Crippen molar-refractivity contribution in [1.29, 1.82) is 0 Å². The summed E-state index contributed by atoms with van der Waals surface area (Å²) >= 11 is 0. The van der Waals surface area contributed by atoms with E-state index in [9.17, 15) is 24.3 Å². The number of carbonyl (C=O) groups excluding carboxylic acids is 4. The molecule has 4 amide bonds. The van der Waals surface area contributed by atoms with Gasteiger partial charge in [-0.05, 0) is 49.8 Å². The monoisotopic (exact) mass is 514 g/mol. The lowest BCUT2D eigenvalue weighted by molar-refractivity contribution is -0.142. The molecule has 0 aromatic heterocycles. The topological polar surface area (TPSA) is 128 Å². The number of phenols is 1. The number of amides is 4. The molecule has 1 aromatic carbocycles. The van der Waals surface area contributed by atoms with Crippen molar-refractivity contribution in [3.8, 4) is 5.75 Å². The maximum atomic E-state index is 13.5. The number of aromatic hydroxyl groups is 1. The lowest BCUT2D eigenvalue weighted by atomic mass is 9.97. The molecule has 37 heavy (non-hydrogen) atoms. The summed E-state index contributed by atoms with van der Waals surface area (Å²) < 4.78 is 0.